The maximum Gasteiger partial charge on any atom is 0.416 e. The average molecular weight is 423 g/mol. The van der Waals surface area contributed by atoms with E-state index in [1.807, 2.05) is 24.3 Å². The van der Waals surface area contributed by atoms with Gasteiger partial charge in [-0.25, -0.2) is 4.63 Å². The molecular weight excluding hydrogens is 407 g/mol. The molecule has 0 saturated carbocycles. The summed E-state index contributed by atoms with van der Waals surface area (Å²) in [6.45, 7) is 0.441. The number of rotatable bonds is 2. The zero-order valence-electron chi connectivity index (χ0n) is 16.1. The molecule has 5 nitrogen and oxygen atoms in total. The molecule has 0 N–H and O–H groups in total. The molecule has 5 rings (SSSR count). The van der Waals surface area contributed by atoms with Crippen LogP contribution in [0.1, 0.15) is 38.7 Å². The summed E-state index contributed by atoms with van der Waals surface area (Å²) in [5, 5.41) is 7.54. The highest BCUT2D eigenvalue weighted by atomic mass is 19.4. The fourth-order valence-corrected chi connectivity index (χ4v) is 4.08. The normalized spacial score (nSPS) is 16.4. The second-order valence-corrected chi connectivity index (χ2v) is 7.44. The van der Waals surface area contributed by atoms with Crippen LogP contribution < -0.4 is 0 Å². The summed E-state index contributed by atoms with van der Waals surface area (Å²) in [6, 6.07) is 17.1. The summed E-state index contributed by atoms with van der Waals surface area (Å²) in [7, 11) is 0. The van der Waals surface area contributed by atoms with E-state index in [-0.39, 0.29) is 5.91 Å². The molecule has 1 amide bonds. The van der Waals surface area contributed by atoms with Gasteiger partial charge in [0.15, 0.2) is 0 Å². The van der Waals surface area contributed by atoms with Crippen molar-refractivity contribution in [2.75, 3.05) is 6.54 Å². The monoisotopic (exact) mass is 423 g/mol. The second-order valence-electron chi connectivity index (χ2n) is 7.44. The lowest BCUT2D eigenvalue weighted by molar-refractivity contribution is -0.137. The maximum absolute atomic E-state index is 13.5. The summed E-state index contributed by atoms with van der Waals surface area (Å²) < 4.78 is 43.8. The molecule has 1 unspecified atom stereocenters. The van der Waals surface area contributed by atoms with Gasteiger partial charge in [-0.15, -0.1) is 0 Å². The maximum atomic E-state index is 13.5. The van der Waals surface area contributed by atoms with E-state index in [4.69, 9.17) is 4.63 Å². The van der Waals surface area contributed by atoms with Crippen molar-refractivity contribution in [2.24, 2.45) is 0 Å². The van der Waals surface area contributed by atoms with E-state index in [1.165, 1.54) is 12.1 Å². The minimum atomic E-state index is -4.42. The molecule has 0 aliphatic carbocycles. The Morgan fingerprint density at radius 1 is 0.968 bits per heavy atom. The lowest BCUT2D eigenvalue weighted by Crippen LogP contribution is -2.40. The Balaban J connectivity index is 1.57. The lowest BCUT2D eigenvalue weighted by Gasteiger charge is -2.38. The molecule has 31 heavy (non-hydrogen) atoms. The van der Waals surface area contributed by atoms with E-state index in [9.17, 15) is 18.0 Å². The van der Waals surface area contributed by atoms with Crippen molar-refractivity contribution in [3.63, 3.8) is 0 Å². The highest BCUT2D eigenvalue weighted by molar-refractivity contribution is 5.97. The molecule has 0 bridgehead atoms. The quantitative estimate of drug-likeness (QED) is 0.454. The number of alkyl halides is 3. The molecule has 0 saturated heterocycles. The van der Waals surface area contributed by atoms with Crippen molar-refractivity contribution in [1.82, 2.24) is 15.2 Å². The van der Waals surface area contributed by atoms with Gasteiger partial charge in [0.2, 0.25) is 0 Å². The van der Waals surface area contributed by atoms with Gasteiger partial charge in [-0.3, -0.25) is 4.79 Å². The van der Waals surface area contributed by atoms with Crippen LogP contribution in [0.3, 0.4) is 0 Å². The van der Waals surface area contributed by atoms with Crippen LogP contribution in [0, 0.1) is 0 Å². The van der Waals surface area contributed by atoms with Gasteiger partial charge in [0.25, 0.3) is 5.91 Å². The Morgan fingerprint density at radius 3 is 2.48 bits per heavy atom. The number of nitrogens with zero attached hydrogens (tertiary/aromatic N) is 3. The predicted octanol–water partition coefficient (Wildman–Crippen LogP) is 5.03. The van der Waals surface area contributed by atoms with Crippen LogP contribution in [-0.4, -0.2) is 27.7 Å². The third-order valence-electron chi connectivity index (χ3n) is 5.60. The van der Waals surface area contributed by atoms with Crippen LogP contribution in [0.15, 0.2) is 71.4 Å². The average Bonchev–Trinajstić information content (AvgIpc) is 3.25. The molecule has 1 aliphatic heterocycles. The lowest BCUT2D eigenvalue weighted by atomic mass is 9.87. The summed E-state index contributed by atoms with van der Waals surface area (Å²) >= 11 is 0. The number of amides is 1. The van der Waals surface area contributed by atoms with Gasteiger partial charge in [-0.1, -0.05) is 36.4 Å². The third kappa shape index (κ3) is 3.43. The molecular formula is C23H16F3N3O2. The first kappa shape index (κ1) is 19.3. The molecule has 0 fully saturated rings. The second kappa shape index (κ2) is 7.23. The number of halogens is 3. The Hall–Kier alpha value is -3.68. The molecule has 8 heteroatoms. The van der Waals surface area contributed by atoms with Crippen molar-refractivity contribution < 1.29 is 22.6 Å². The number of hydrogen-bond donors (Lipinski definition) is 0. The fourth-order valence-electron chi connectivity index (χ4n) is 4.08. The molecule has 156 valence electrons. The molecule has 1 aliphatic rings. The van der Waals surface area contributed by atoms with Crippen molar-refractivity contribution in [3.05, 3.63) is 94.5 Å². The molecule has 3 aromatic carbocycles. The molecule has 1 aromatic heterocycles. The standard InChI is InChI=1S/C23H16F3N3O2/c24-23(25,26)17-8-5-15(6-9-17)21-18-4-2-1-3-14(18)11-12-29(21)22(30)16-7-10-19-20(13-16)28-31-27-19/h1-10,13,21H,11-12H2. The van der Waals surface area contributed by atoms with Crippen LogP contribution in [-0.2, 0) is 12.6 Å². The Kier molecular flexibility index (Phi) is 4.50. The van der Waals surface area contributed by atoms with Crippen LogP contribution >= 0.6 is 0 Å². The van der Waals surface area contributed by atoms with Gasteiger partial charge in [0.05, 0.1) is 11.6 Å². The van der Waals surface area contributed by atoms with E-state index in [0.29, 0.717) is 35.1 Å². The van der Waals surface area contributed by atoms with Crippen LogP contribution in [0.5, 0.6) is 0 Å². The summed E-state index contributed by atoms with van der Waals surface area (Å²) in [4.78, 5) is 15.1. The summed E-state index contributed by atoms with van der Waals surface area (Å²) in [6.07, 6.45) is -3.76. The first-order chi connectivity index (χ1) is 14.9. The van der Waals surface area contributed by atoms with Gasteiger partial charge in [0.1, 0.15) is 11.0 Å². The van der Waals surface area contributed by atoms with Crippen molar-refractivity contribution in [1.29, 1.82) is 0 Å². The van der Waals surface area contributed by atoms with E-state index < -0.39 is 17.8 Å². The van der Waals surface area contributed by atoms with Gasteiger partial charge in [0, 0.05) is 12.1 Å². The zero-order chi connectivity index (χ0) is 21.6. The minimum Gasteiger partial charge on any atom is -0.327 e. The van der Waals surface area contributed by atoms with E-state index >= 15 is 0 Å². The summed E-state index contributed by atoms with van der Waals surface area (Å²) in [5.74, 6) is -0.232. The Morgan fingerprint density at radius 2 is 1.71 bits per heavy atom. The number of fused-ring (bicyclic) bond motifs is 2. The molecule has 1 atom stereocenters. The van der Waals surface area contributed by atoms with Crippen LogP contribution in [0.4, 0.5) is 13.2 Å². The topological polar surface area (TPSA) is 59.2 Å². The molecule has 4 aromatic rings. The minimum absolute atomic E-state index is 0.232. The number of carbonyl (C=O) groups is 1. The number of aromatic nitrogens is 2. The van der Waals surface area contributed by atoms with E-state index in [2.05, 4.69) is 10.3 Å². The highest BCUT2D eigenvalue weighted by Gasteiger charge is 2.34. The van der Waals surface area contributed by atoms with Gasteiger partial charge in [-0.2, -0.15) is 13.2 Å². The number of carbonyl (C=O) groups excluding carboxylic acids is 1. The third-order valence-corrected chi connectivity index (χ3v) is 5.60. The fraction of sp³-hybridized carbons (Fsp3) is 0.174. The van der Waals surface area contributed by atoms with Crippen molar-refractivity contribution >= 4 is 16.9 Å². The van der Waals surface area contributed by atoms with Gasteiger partial charge in [-0.05, 0) is 63.8 Å². The van der Waals surface area contributed by atoms with E-state index in [0.717, 1.165) is 23.3 Å². The highest BCUT2D eigenvalue weighted by Crippen LogP contribution is 2.37. The van der Waals surface area contributed by atoms with Crippen molar-refractivity contribution in [2.45, 2.75) is 18.6 Å². The van der Waals surface area contributed by atoms with Gasteiger partial charge >= 0.3 is 6.18 Å². The van der Waals surface area contributed by atoms with E-state index in [1.54, 1.807) is 23.1 Å². The van der Waals surface area contributed by atoms with Gasteiger partial charge < -0.3 is 4.90 Å². The Bertz CT molecular complexity index is 1270. The number of benzene rings is 3. The smallest absolute Gasteiger partial charge is 0.327 e. The molecule has 2 heterocycles. The van der Waals surface area contributed by atoms with Crippen LogP contribution in [0.25, 0.3) is 11.0 Å². The molecule has 0 spiro atoms. The zero-order valence-corrected chi connectivity index (χ0v) is 16.1. The Labute approximate surface area is 175 Å². The summed E-state index contributed by atoms with van der Waals surface area (Å²) in [5.41, 5.74) is 3.31. The first-order valence-electron chi connectivity index (χ1n) is 9.70. The number of hydrogen-bond acceptors (Lipinski definition) is 4. The molecule has 0 radical (unpaired) electrons. The predicted molar refractivity (Wildman–Crippen MR) is 106 cm³/mol. The van der Waals surface area contributed by atoms with Crippen LogP contribution in [0.2, 0.25) is 0 Å². The SMILES string of the molecule is O=C(c1ccc2nonc2c1)N1CCc2ccccc2C1c1ccc(C(F)(F)F)cc1. The largest absolute Gasteiger partial charge is 0.416 e. The van der Waals surface area contributed by atoms with Crippen molar-refractivity contribution in [3.8, 4) is 0 Å². The first-order valence-corrected chi connectivity index (χ1v) is 9.70.